The molecule has 1 fully saturated rings. The number of hydrogen-bond donors (Lipinski definition) is 0. The number of allylic oxidation sites excluding steroid dienone is 2. The van der Waals surface area contributed by atoms with Gasteiger partial charge in [0.25, 0.3) is 23.4 Å². The van der Waals surface area contributed by atoms with Gasteiger partial charge in [0.15, 0.2) is 5.78 Å². The molecule has 0 radical (unpaired) electrons. The molecule has 3 aromatic carbocycles. The molecule has 0 unspecified atom stereocenters. The minimum absolute atomic E-state index is 0.0899. The fourth-order valence-corrected chi connectivity index (χ4v) is 5.29. The third-order valence-corrected chi connectivity index (χ3v) is 7.66. The van der Waals surface area contributed by atoms with E-state index in [2.05, 4.69) is 0 Å². The first-order valence-electron chi connectivity index (χ1n) is 13.3. The number of hydrazine groups is 1. The van der Waals surface area contributed by atoms with Crippen molar-refractivity contribution in [3.05, 3.63) is 117 Å². The number of Topliss-reactive ketones (excluding diaryl/α,β-unsaturated/α-hetero) is 1. The minimum Gasteiger partial charge on any atom is -0.423 e. The number of nitro benzene ring substituents is 1. The van der Waals surface area contributed by atoms with Crippen LogP contribution in [0.2, 0.25) is 5.02 Å². The number of rotatable bonds is 8. The lowest BCUT2D eigenvalue weighted by atomic mass is 9.78. The first kappa shape index (κ1) is 29.3. The number of fused-ring (bicyclic) bond motifs is 1. The van der Waals surface area contributed by atoms with Gasteiger partial charge in [-0.25, -0.2) is 9.80 Å². The number of nitro groups is 1. The zero-order valence-electron chi connectivity index (χ0n) is 22.7. The molecular weight excluding hydrogens is 578 g/mol. The van der Waals surface area contributed by atoms with Crippen molar-refractivity contribution in [2.45, 2.75) is 13.3 Å². The Bertz CT molecular complexity index is 1650. The first-order chi connectivity index (χ1) is 20.5. The summed E-state index contributed by atoms with van der Waals surface area (Å²) >= 11 is 5.97. The Morgan fingerprint density at radius 2 is 1.53 bits per heavy atom. The van der Waals surface area contributed by atoms with Crippen LogP contribution < -0.4 is 4.74 Å². The van der Waals surface area contributed by atoms with Gasteiger partial charge in [0.2, 0.25) is 0 Å². The minimum atomic E-state index is -0.759. The zero-order valence-corrected chi connectivity index (χ0v) is 23.5. The zero-order chi connectivity index (χ0) is 30.8. The molecule has 3 atom stereocenters. The van der Waals surface area contributed by atoms with Gasteiger partial charge in [-0.1, -0.05) is 30.7 Å². The van der Waals surface area contributed by atoms with Gasteiger partial charge in [-0.3, -0.25) is 29.3 Å². The average molecular weight is 602 g/mol. The Kier molecular flexibility index (Phi) is 8.18. The van der Waals surface area contributed by atoms with Gasteiger partial charge >= 0.3 is 5.97 Å². The van der Waals surface area contributed by atoms with E-state index in [1.54, 1.807) is 0 Å². The maximum atomic E-state index is 13.6. The molecule has 1 heterocycles. The normalized spacial score (nSPS) is 19.1. The number of amides is 3. The summed E-state index contributed by atoms with van der Waals surface area (Å²) in [6.07, 6.45) is 4.06. The van der Waals surface area contributed by atoms with Crippen LogP contribution in [-0.4, -0.2) is 51.0 Å². The van der Waals surface area contributed by atoms with Gasteiger partial charge in [-0.2, -0.15) is 5.01 Å². The molecule has 5 rings (SSSR count). The molecule has 0 bridgehead atoms. The summed E-state index contributed by atoms with van der Waals surface area (Å²) in [6, 6.07) is 16.3. The van der Waals surface area contributed by atoms with Crippen LogP contribution >= 0.6 is 11.6 Å². The molecule has 1 aliphatic carbocycles. The predicted molar refractivity (Wildman–Crippen MR) is 153 cm³/mol. The van der Waals surface area contributed by atoms with E-state index in [1.807, 2.05) is 19.1 Å². The Hall–Kier alpha value is -5.16. The second kappa shape index (κ2) is 12.0. The molecule has 11 nitrogen and oxygen atoms in total. The van der Waals surface area contributed by atoms with E-state index in [1.165, 1.54) is 72.8 Å². The van der Waals surface area contributed by atoms with Crippen molar-refractivity contribution >= 4 is 46.8 Å². The van der Waals surface area contributed by atoms with Gasteiger partial charge in [0, 0.05) is 28.3 Å². The predicted octanol–water partition coefficient (Wildman–Crippen LogP) is 4.90. The largest absolute Gasteiger partial charge is 0.423 e. The molecule has 43 heavy (non-hydrogen) atoms. The summed E-state index contributed by atoms with van der Waals surface area (Å²) < 4.78 is 5.30. The van der Waals surface area contributed by atoms with Gasteiger partial charge < -0.3 is 4.74 Å². The molecule has 1 saturated heterocycles. The summed E-state index contributed by atoms with van der Waals surface area (Å²) in [5.41, 5.74) is 0.181. The summed E-state index contributed by atoms with van der Waals surface area (Å²) in [5, 5.41) is 12.9. The Morgan fingerprint density at radius 1 is 0.930 bits per heavy atom. The lowest BCUT2D eigenvalue weighted by Crippen LogP contribution is -2.52. The van der Waals surface area contributed by atoms with Gasteiger partial charge in [0.05, 0.1) is 22.3 Å². The first-order valence-corrected chi connectivity index (χ1v) is 13.6. The Morgan fingerprint density at radius 3 is 2.14 bits per heavy atom. The molecule has 0 saturated carbocycles. The number of hydrogen-bond acceptors (Lipinski definition) is 8. The number of carbonyl (C=O) groups excluding carboxylic acids is 5. The van der Waals surface area contributed by atoms with E-state index in [0.717, 1.165) is 10.0 Å². The van der Waals surface area contributed by atoms with Gasteiger partial charge in [-0.15, -0.1) is 0 Å². The lowest BCUT2D eigenvalue weighted by molar-refractivity contribution is -0.384. The van der Waals surface area contributed by atoms with Gasteiger partial charge in [-0.05, 0) is 73.0 Å². The van der Waals surface area contributed by atoms with Crippen molar-refractivity contribution in [1.29, 1.82) is 0 Å². The van der Waals surface area contributed by atoms with Crippen molar-refractivity contribution < 1.29 is 33.6 Å². The SMILES string of the molecule is C[C@@H]1C=CC[C@H]2C(=O)N(N(CC(=O)c3ccc(OC(=O)c4ccc([N+](=O)[O-])cc4)cc3)C(=O)c3ccc(Cl)cc3)C(=O)[C@H]12. The molecule has 218 valence electrons. The van der Waals surface area contributed by atoms with Crippen LogP contribution in [0.3, 0.4) is 0 Å². The molecule has 1 aliphatic heterocycles. The molecule has 0 spiro atoms. The van der Waals surface area contributed by atoms with Crippen molar-refractivity contribution in [3.63, 3.8) is 0 Å². The quantitative estimate of drug-likeness (QED) is 0.0674. The molecular formula is C31H24ClN3O8. The number of halogens is 1. The number of esters is 1. The van der Waals surface area contributed by atoms with Crippen LogP contribution in [0.15, 0.2) is 84.9 Å². The number of ketones is 1. The highest BCUT2D eigenvalue weighted by Gasteiger charge is 2.53. The van der Waals surface area contributed by atoms with Crippen LogP contribution in [0.5, 0.6) is 5.75 Å². The highest BCUT2D eigenvalue weighted by atomic mass is 35.5. The second-order valence-corrected chi connectivity index (χ2v) is 10.6. The Labute approximate surface area is 250 Å². The standard InChI is InChI=1S/C31H24ClN3O8/c1-18-3-2-4-25-27(18)30(39)34(29(25)38)33(28(37)20-5-11-22(32)12-6-20)17-26(36)19-9-15-24(16-10-19)43-31(40)21-7-13-23(14-8-21)35(41)42/h2-3,5-16,18,25,27H,4,17H2,1H3/t18-,25-,27-/m1/s1. The summed E-state index contributed by atoms with van der Waals surface area (Å²) in [6.45, 7) is 1.22. The molecule has 0 N–H and O–H groups in total. The molecule has 12 heteroatoms. The number of nitrogens with zero attached hydrogens (tertiary/aromatic N) is 3. The number of non-ortho nitro benzene ring substituents is 1. The highest BCUT2D eigenvalue weighted by molar-refractivity contribution is 6.30. The van der Waals surface area contributed by atoms with Crippen LogP contribution in [0.1, 0.15) is 44.4 Å². The third kappa shape index (κ3) is 5.93. The molecule has 0 aromatic heterocycles. The summed E-state index contributed by atoms with van der Waals surface area (Å²) in [7, 11) is 0. The van der Waals surface area contributed by atoms with E-state index in [4.69, 9.17) is 16.3 Å². The summed E-state index contributed by atoms with van der Waals surface area (Å²) in [5.74, 6) is -4.54. The number of ether oxygens (including phenoxy) is 1. The van der Waals surface area contributed by atoms with Crippen LogP contribution in [-0.2, 0) is 9.59 Å². The van der Waals surface area contributed by atoms with E-state index in [0.29, 0.717) is 11.4 Å². The van der Waals surface area contributed by atoms with Crippen molar-refractivity contribution in [2.24, 2.45) is 17.8 Å². The number of imide groups is 1. The fraction of sp³-hybridized carbons (Fsp3) is 0.194. The van der Waals surface area contributed by atoms with Crippen molar-refractivity contribution in [1.82, 2.24) is 10.0 Å². The Balaban J connectivity index is 1.35. The van der Waals surface area contributed by atoms with Gasteiger partial charge in [0.1, 0.15) is 12.3 Å². The lowest BCUT2D eigenvalue weighted by Gasteiger charge is -2.30. The second-order valence-electron chi connectivity index (χ2n) is 10.2. The molecule has 3 amide bonds. The summed E-state index contributed by atoms with van der Waals surface area (Å²) in [4.78, 5) is 76.6. The molecule has 3 aromatic rings. The monoisotopic (exact) mass is 601 g/mol. The number of carbonyl (C=O) groups is 5. The van der Waals surface area contributed by atoms with Crippen LogP contribution in [0.25, 0.3) is 0 Å². The van der Waals surface area contributed by atoms with E-state index in [9.17, 15) is 34.1 Å². The van der Waals surface area contributed by atoms with E-state index in [-0.39, 0.29) is 34.0 Å². The maximum absolute atomic E-state index is 13.6. The maximum Gasteiger partial charge on any atom is 0.343 e. The van der Waals surface area contributed by atoms with E-state index < -0.39 is 52.8 Å². The third-order valence-electron chi connectivity index (χ3n) is 7.41. The molecule has 2 aliphatic rings. The van der Waals surface area contributed by atoms with Crippen molar-refractivity contribution in [2.75, 3.05) is 6.54 Å². The topological polar surface area (TPSA) is 144 Å². The van der Waals surface area contributed by atoms with E-state index >= 15 is 0 Å². The average Bonchev–Trinajstić information content (AvgIpc) is 3.26. The number of benzene rings is 3. The van der Waals surface area contributed by atoms with Crippen LogP contribution in [0, 0.1) is 27.9 Å². The fourth-order valence-electron chi connectivity index (χ4n) is 5.17. The van der Waals surface area contributed by atoms with Crippen LogP contribution in [0.4, 0.5) is 5.69 Å². The van der Waals surface area contributed by atoms with Crippen molar-refractivity contribution in [3.8, 4) is 5.75 Å². The smallest absolute Gasteiger partial charge is 0.343 e. The highest BCUT2D eigenvalue weighted by Crippen LogP contribution is 2.39.